The molecule has 5 nitrogen and oxygen atoms in total. The van der Waals surface area contributed by atoms with Crippen molar-refractivity contribution < 1.29 is 14.7 Å². The summed E-state index contributed by atoms with van der Waals surface area (Å²) >= 11 is 0. The first-order chi connectivity index (χ1) is 11.9. The highest BCUT2D eigenvalue weighted by Gasteiger charge is 2.42. The molecule has 1 fully saturated rings. The van der Waals surface area contributed by atoms with Gasteiger partial charge in [0, 0.05) is 19.6 Å². The molecule has 1 aliphatic rings. The van der Waals surface area contributed by atoms with Crippen LogP contribution in [0.4, 0.5) is 4.79 Å². The summed E-state index contributed by atoms with van der Waals surface area (Å²) in [6, 6.07) is 9.88. The lowest BCUT2D eigenvalue weighted by Crippen LogP contribution is -2.56. The van der Waals surface area contributed by atoms with E-state index >= 15 is 0 Å². The highest BCUT2D eigenvalue weighted by Crippen LogP contribution is 2.36. The van der Waals surface area contributed by atoms with Gasteiger partial charge in [0.2, 0.25) is 0 Å². The lowest BCUT2D eigenvalue weighted by atomic mass is 9.78. The predicted molar refractivity (Wildman–Crippen MR) is 98.3 cm³/mol. The fraction of sp³-hybridized carbons (Fsp3) is 0.600. The van der Waals surface area contributed by atoms with E-state index in [0.29, 0.717) is 6.54 Å². The summed E-state index contributed by atoms with van der Waals surface area (Å²) in [5.74, 6) is -0.833. The second-order valence-electron chi connectivity index (χ2n) is 7.40. The number of hydrogen-bond acceptors (Lipinski definition) is 2. The van der Waals surface area contributed by atoms with E-state index in [2.05, 4.69) is 0 Å². The lowest BCUT2D eigenvalue weighted by Gasteiger charge is -2.46. The molecule has 1 aliphatic carbocycles. The van der Waals surface area contributed by atoms with Gasteiger partial charge in [-0.2, -0.15) is 0 Å². The summed E-state index contributed by atoms with van der Waals surface area (Å²) in [5, 5.41) is 9.39. The Labute approximate surface area is 150 Å². The standard InChI is InChI=1S/C20H30N2O3/c1-16(2)22(15-17-10-6-4-7-11-17)19(25)21(3)20(14-18(23)24)12-8-5-9-13-20/h4,6-7,10-11,16H,5,8-9,12-15H2,1-3H3,(H,23,24). The Morgan fingerprint density at radius 2 is 1.72 bits per heavy atom. The number of nitrogens with zero attached hydrogens (tertiary/aromatic N) is 2. The maximum absolute atomic E-state index is 13.2. The van der Waals surface area contributed by atoms with Crippen molar-refractivity contribution in [2.45, 2.75) is 70.5 Å². The number of amides is 2. The molecule has 0 radical (unpaired) electrons. The van der Waals surface area contributed by atoms with E-state index in [4.69, 9.17) is 0 Å². The van der Waals surface area contributed by atoms with Gasteiger partial charge < -0.3 is 14.9 Å². The van der Waals surface area contributed by atoms with Gasteiger partial charge in [-0.1, -0.05) is 49.6 Å². The first kappa shape index (κ1) is 19.3. The van der Waals surface area contributed by atoms with Crippen LogP contribution >= 0.6 is 0 Å². The molecule has 1 aromatic rings. The molecule has 0 saturated heterocycles. The highest BCUT2D eigenvalue weighted by atomic mass is 16.4. The number of carboxylic acids is 1. The molecule has 1 saturated carbocycles. The molecular weight excluding hydrogens is 316 g/mol. The van der Waals surface area contributed by atoms with Gasteiger partial charge in [0.25, 0.3) is 0 Å². The van der Waals surface area contributed by atoms with Gasteiger partial charge >= 0.3 is 12.0 Å². The Kier molecular flexibility index (Phi) is 6.45. The molecule has 1 N–H and O–H groups in total. The third-order valence-electron chi connectivity index (χ3n) is 5.33. The second kappa shape index (κ2) is 8.37. The Morgan fingerprint density at radius 1 is 1.12 bits per heavy atom. The Hall–Kier alpha value is -2.04. The molecule has 1 aromatic carbocycles. The molecule has 0 aromatic heterocycles. The molecule has 2 amide bonds. The van der Waals surface area contributed by atoms with Crippen molar-refractivity contribution in [3.05, 3.63) is 35.9 Å². The topological polar surface area (TPSA) is 60.9 Å². The first-order valence-corrected chi connectivity index (χ1v) is 9.16. The van der Waals surface area contributed by atoms with E-state index in [-0.39, 0.29) is 18.5 Å². The predicted octanol–water partition coefficient (Wildman–Crippen LogP) is 4.13. The SMILES string of the molecule is CC(C)N(Cc1ccccc1)C(=O)N(C)C1(CC(=O)O)CCCCC1. The number of benzene rings is 1. The largest absolute Gasteiger partial charge is 0.481 e. The minimum atomic E-state index is -0.833. The molecule has 2 rings (SSSR count). The number of urea groups is 1. The number of hydrogen-bond donors (Lipinski definition) is 1. The lowest BCUT2D eigenvalue weighted by molar-refractivity contribution is -0.140. The average molecular weight is 346 g/mol. The normalized spacial score (nSPS) is 16.5. The van der Waals surface area contributed by atoms with Gasteiger partial charge in [-0.15, -0.1) is 0 Å². The van der Waals surface area contributed by atoms with E-state index in [1.807, 2.05) is 49.1 Å². The van der Waals surface area contributed by atoms with Crippen LogP contribution in [0.1, 0.15) is 57.9 Å². The molecule has 138 valence electrons. The van der Waals surface area contributed by atoms with Crippen LogP contribution in [0.5, 0.6) is 0 Å². The Morgan fingerprint density at radius 3 is 2.24 bits per heavy atom. The molecule has 0 heterocycles. The molecule has 0 aliphatic heterocycles. The third-order valence-corrected chi connectivity index (χ3v) is 5.33. The van der Waals surface area contributed by atoms with Crippen molar-refractivity contribution in [3.8, 4) is 0 Å². The summed E-state index contributed by atoms with van der Waals surface area (Å²) < 4.78 is 0. The summed E-state index contributed by atoms with van der Waals surface area (Å²) in [6.07, 6.45) is 4.61. The number of carboxylic acid groups (broad SMARTS) is 1. The van der Waals surface area contributed by atoms with Crippen LogP contribution < -0.4 is 0 Å². The Bertz CT molecular complexity index is 580. The van der Waals surface area contributed by atoms with Crippen LogP contribution in [0.3, 0.4) is 0 Å². The van der Waals surface area contributed by atoms with E-state index in [9.17, 15) is 14.7 Å². The van der Waals surface area contributed by atoms with Crippen molar-refractivity contribution in [2.24, 2.45) is 0 Å². The van der Waals surface area contributed by atoms with E-state index in [1.54, 1.807) is 11.9 Å². The highest BCUT2D eigenvalue weighted by molar-refractivity contribution is 5.77. The zero-order valence-corrected chi connectivity index (χ0v) is 15.6. The van der Waals surface area contributed by atoms with Crippen LogP contribution in [-0.2, 0) is 11.3 Å². The summed E-state index contributed by atoms with van der Waals surface area (Å²) in [5.41, 5.74) is 0.513. The van der Waals surface area contributed by atoms with Crippen LogP contribution in [0, 0.1) is 0 Å². The summed E-state index contributed by atoms with van der Waals surface area (Å²) in [7, 11) is 1.77. The third kappa shape index (κ3) is 4.74. The molecule has 0 bridgehead atoms. The van der Waals surface area contributed by atoms with Gasteiger partial charge in [0.1, 0.15) is 0 Å². The molecular formula is C20H30N2O3. The maximum Gasteiger partial charge on any atom is 0.320 e. The van der Waals surface area contributed by atoms with Crippen molar-refractivity contribution in [1.82, 2.24) is 9.80 Å². The molecule has 0 unspecified atom stereocenters. The van der Waals surface area contributed by atoms with E-state index in [1.165, 1.54) is 0 Å². The van der Waals surface area contributed by atoms with Gasteiger partial charge in [0.15, 0.2) is 0 Å². The average Bonchev–Trinajstić information content (AvgIpc) is 2.59. The first-order valence-electron chi connectivity index (χ1n) is 9.16. The van der Waals surface area contributed by atoms with E-state index < -0.39 is 11.5 Å². The van der Waals surface area contributed by atoms with Gasteiger partial charge in [0.05, 0.1) is 12.0 Å². The molecule has 0 spiro atoms. The fourth-order valence-electron chi connectivity index (χ4n) is 3.77. The smallest absolute Gasteiger partial charge is 0.320 e. The molecule has 5 heteroatoms. The Balaban J connectivity index is 2.22. The van der Waals surface area contributed by atoms with Gasteiger partial charge in [-0.25, -0.2) is 4.79 Å². The van der Waals surface area contributed by atoms with Crippen LogP contribution in [0.25, 0.3) is 0 Å². The monoisotopic (exact) mass is 346 g/mol. The van der Waals surface area contributed by atoms with Crippen LogP contribution in [0.2, 0.25) is 0 Å². The quantitative estimate of drug-likeness (QED) is 0.842. The van der Waals surface area contributed by atoms with Crippen LogP contribution in [-0.4, -0.2) is 45.5 Å². The van der Waals surface area contributed by atoms with Crippen molar-refractivity contribution in [2.75, 3.05) is 7.05 Å². The summed E-state index contributed by atoms with van der Waals surface area (Å²) in [6.45, 7) is 4.53. The van der Waals surface area contributed by atoms with Crippen molar-refractivity contribution >= 4 is 12.0 Å². The molecule has 25 heavy (non-hydrogen) atoms. The van der Waals surface area contributed by atoms with Crippen molar-refractivity contribution in [3.63, 3.8) is 0 Å². The number of aliphatic carboxylic acids is 1. The zero-order valence-electron chi connectivity index (χ0n) is 15.6. The maximum atomic E-state index is 13.2. The summed E-state index contributed by atoms with van der Waals surface area (Å²) in [4.78, 5) is 28.2. The fourth-order valence-corrected chi connectivity index (χ4v) is 3.77. The minimum absolute atomic E-state index is 0.0203. The minimum Gasteiger partial charge on any atom is -0.481 e. The zero-order chi connectivity index (χ0) is 18.4. The number of rotatable bonds is 6. The van der Waals surface area contributed by atoms with Crippen molar-refractivity contribution in [1.29, 1.82) is 0 Å². The van der Waals surface area contributed by atoms with Crippen LogP contribution in [0.15, 0.2) is 30.3 Å². The number of carbonyl (C=O) groups is 2. The second-order valence-corrected chi connectivity index (χ2v) is 7.40. The van der Waals surface area contributed by atoms with E-state index in [0.717, 1.165) is 37.7 Å². The molecule has 0 atom stereocenters. The number of carbonyl (C=O) groups excluding carboxylic acids is 1. The van der Waals surface area contributed by atoms with Gasteiger partial charge in [-0.05, 0) is 32.3 Å². The van der Waals surface area contributed by atoms with Gasteiger partial charge in [-0.3, -0.25) is 4.79 Å².